The first-order valence-electron chi connectivity index (χ1n) is 13.3. The van der Waals surface area contributed by atoms with Gasteiger partial charge in [0.15, 0.2) is 11.5 Å². The number of amides is 2. The average Bonchev–Trinajstić information content (AvgIpc) is 3.65. The second-order valence-electron chi connectivity index (χ2n) is 9.68. The SMILES string of the molecule is COc1cccc(N(C(=O)Cn2nnc3ccccc32)[C@H](C(=O)NC2CCCC2)c2cccc(OC)c2OC)c1. The molecule has 1 N–H and O–H groups in total. The maximum atomic E-state index is 14.3. The van der Waals surface area contributed by atoms with E-state index in [1.165, 1.54) is 19.1 Å². The number of anilines is 1. The van der Waals surface area contributed by atoms with Crippen molar-refractivity contribution in [3.05, 3.63) is 72.3 Å². The second kappa shape index (κ2) is 12.1. The van der Waals surface area contributed by atoms with Crippen LogP contribution in [-0.2, 0) is 16.1 Å². The van der Waals surface area contributed by atoms with Crippen molar-refractivity contribution in [3.63, 3.8) is 0 Å². The van der Waals surface area contributed by atoms with Crippen molar-refractivity contribution in [3.8, 4) is 17.2 Å². The summed E-state index contributed by atoms with van der Waals surface area (Å²) in [6, 6.07) is 18.8. The van der Waals surface area contributed by atoms with Crippen LogP contribution in [0.3, 0.4) is 0 Å². The minimum atomic E-state index is -1.07. The van der Waals surface area contributed by atoms with E-state index in [2.05, 4.69) is 15.6 Å². The number of para-hydroxylation sites is 2. The monoisotopic (exact) mass is 543 g/mol. The van der Waals surface area contributed by atoms with Crippen LogP contribution in [0.1, 0.15) is 37.3 Å². The van der Waals surface area contributed by atoms with Crippen LogP contribution >= 0.6 is 0 Å². The van der Waals surface area contributed by atoms with Gasteiger partial charge >= 0.3 is 0 Å². The predicted octanol–water partition coefficient (Wildman–Crippen LogP) is 4.29. The van der Waals surface area contributed by atoms with E-state index in [-0.39, 0.29) is 24.4 Å². The Hall–Kier alpha value is -4.60. The van der Waals surface area contributed by atoms with Crippen LogP contribution in [0, 0.1) is 0 Å². The maximum absolute atomic E-state index is 14.3. The molecule has 1 aliphatic rings. The fourth-order valence-corrected chi connectivity index (χ4v) is 5.31. The van der Waals surface area contributed by atoms with Gasteiger partial charge in [-0.1, -0.05) is 48.4 Å². The number of carbonyl (C=O) groups is 2. The number of benzene rings is 3. The van der Waals surface area contributed by atoms with Crippen molar-refractivity contribution in [2.24, 2.45) is 0 Å². The number of carbonyl (C=O) groups excluding carboxylic acids is 2. The quantitative estimate of drug-likeness (QED) is 0.318. The Kier molecular flexibility index (Phi) is 8.14. The van der Waals surface area contributed by atoms with E-state index in [0.29, 0.717) is 39.5 Å². The fourth-order valence-electron chi connectivity index (χ4n) is 5.31. The summed E-state index contributed by atoms with van der Waals surface area (Å²) in [6.07, 6.45) is 3.89. The second-order valence-corrected chi connectivity index (χ2v) is 9.68. The number of methoxy groups -OCH3 is 3. The van der Waals surface area contributed by atoms with Gasteiger partial charge in [0.05, 0.1) is 26.8 Å². The maximum Gasteiger partial charge on any atom is 0.249 e. The average molecular weight is 544 g/mol. The van der Waals surface area contributed by atoms with Gasteiger partial charge in [-0.15, -0.1) is 5.10 Å². The topological polar surface area (TPSA) is 108 Å². The van der Waals surface area contributed by atoms with E-state index in [0.717, 1.165) is 25.7 Å². The molecule has 1 aromatic heterocycles. The van der Waals surface area contributed by atoms with Crippen LogP contribution in [0.15, 0.2) is 66.7 Å². The molecule has 1 aliphatic carbocycles. The summed E-state index contributed by atoms with van der Waals surface area (Å²) in [6.45, 7) is -0.142. The molecule has 0 aliphatic heterocycles. The fraction of sp³-hybridized carbons (Fsp3) is 0.333. The third-order valence-electron chi connectivity index (χ3n) is 7.24. The summed E-state index contributed by atoms with van der Waals surface area (Å²) in [5.74, 6) is 0.718. The van der Waals surface area contributed by atoms with Gasteiger partial charge in [-0.3, -0.25) is 14.5 Å². The van der Waals surface area contributed by atoms with Crippen molar-refractivity contribution >= 4 is 28.5 Å². The molecule has 1 atom stereocenters. The first kappa shape index (κ1) is 27.0. The molecule has 1 saturated carbocycles. The molecule has 1 heterocycles. The Morgan fingerprint density at radius 3 is 2.50 bits per heavy atom. The number of rotatable bonds is 10. The third kappa shape index (κ3) is 5.42. The third-order valence-corrected chi connectivity index (χ3v) is 7.24. The Morgan fingerprint density at radius 2 is 1.75 bits per heavy atom. The summed E-state index contributed by atoms with van der Waals surface area (Å²) in [4.78, 5) is 30.0. The molecule has 5 rings (SSSR count). The Bertz CT molecular complexity index is 1500. The molecule has 1 fully saturated rings. The first-order valence-corrected chi connectivity index (χ1v) is 13.3. The molecule has 0 saturated heterocycles. The van der Waals surface area contributed by atoms with Gasteiger partial charge in [-0.2, -0.15) is 0 Å². The van der Waals surface area contributed by atoms with Gasteiger partial charge < -0.3 is 19.5 Å². The van der Waals surface area contributed by atoms with Crippen LogP contribution in [0.2, 0.25) is 0 Å². The zero-order valence-electron chi connectivity index (χ0n) is 22.9. The number of fused-ring (bicyclic) bond motifs is 1. The molecule has 2 amide bonds. The lowest BCUT2D eigenvalue weighted by molar-refractivity contribution is -0.127. The summed E-state index contributed by atoms with van der Waals surface area (Å²) >= 11 is 0. The van der Waals surface area contributed by atoms with Crippen LogP contribution < -0.4 is 24.4 Å². The highest BCUT2D eigenvalue weighted by atomic mass is 16.5. The number of hydrogen-bond donors (Lipinski definition) is 1. The molecule has 3 aromatic carbocycles. The van der Waals surface area contributed by atoms with Gasteiger partial charge in [-0.05, 0) is 43.2 Å². The Labute approximate surface area is 232 Å². The summed E-state index contributed by atoms with van der Waals surface area (Å²) in [7, 11) is 4.62. The lowest BCUT2D eigenvalue weighted by Crippen LogP contribution is -2.47. The highest BCUT2D eigenvalue weighted by Gasteiger charge is 2.37. The van der Waals surface area contributed by atoms with Crippen LogP contribution in [0.5, 0.6) is 17.2 Å². The smallest absolute Gasteiger partial charge is 0.249 e. The van der Waals surface area contributed by atoms with Crippen molar-refractivity contribution in [1.29, 1.82) is 0 Å². The Balaban J connectivity index is 1.65. The Morgan fingerprint density at radius 1 is 0.975 bits per heavy atom. The summed E-state index contributed by atoms with van der Waals surface area (Å²) in [5, 5.41) is 11.6. The largest absolute Gasteiger partial charge is 0.497 e. The van der Waals surface area contributed by atoms with Crippen molar-refractivity contribution in [1.82, 2.24) is 20.3 Å². The molecule has 40 heavy (non-hydrogen) atoms. The number of nitrogens with zero attached hydrogens (tertiary/aromatic N) is 4. The minimum absolute atomic E-state index is 0.0353. The van der Waals surface area contributed by atoms with Gasteiger partial charge in [0, 0.05) is 23.4 Å². The molecule has 0 bridgehead atoms. The van der Waals surface area contributed by atoms with Crippen molar-refractivity contribution < 1.29 is 23.8 Å². The number of aromatic nitrogens is 3. The van der Waals surface area contributed by atoms with Gasteiger partial charge in [0.25, 0.3) is 0 Å². The molecule has 0 spiro atoms. The molecule has 0 radical (unpaired) electrons. The van der Waals surface area contributed by atoms with E-state index in [4.69, 9.17) is 14.2 Å². The number of ether oxygens (including phenoxy) is 3. The van der Waals surface area contributed by atoms with E-state index in [1.54, 1.807) is 54.3 Å². The van der Waals surface area contributed by atoms with Gasteiger partial charge in [0.1, 0.15) is 23.9 Å². The number of hydrogen-bond acceptors (Lipinski definition) is 7. The van der Waals surface area contributed by atoms with Crippen LogP contribution in [0.4, 0.5) is 5.69 Å². The molecule has 0 unspecified atom stereocenters. The summed E-state index contributed by atoms with van der Waals surface area (Å²) in [5.41, 5.74) is 2.38. The molecule has 208 valence electrons. The number of nitrogens with one attached hydrogen (secondary N) is 1. The van der Waals surface area contributed by atoms with Gasteiger partial charge in [0.2, 0.25) is 11.8 Å². The zero-order chi connectivity index (χ0) is 28.1. The van der Waals surface area contributed by atoms with Crippen molar-refractivity contribution in [2.75, 3.05) is 26.2 Å². The molecule has 4 aromatic rings. The molecule has 10 heteroatoms. The van der Waals surface area contributed by atoms with Crippen molar-refractivity contribution in [2.45, 2.75) is 44.3 Å². The minimum Gasteiger partial charge on any atom is -0.497 e. The summed E-state index contributed by atoms with van der Waals surface area (Å²) < 4.78 is 18.3. The van der Waals surface area contributed by atoms with E-state index in [1.807, 2.05) is 24.3 Å². The normalized spacial score (nSPS) is 14.1. The van der Waals surface area contributed by atoms with Crippen LogP contribution in [0.25, 0.3) is 11.0 Å². The lowest BCUT2D eigenvalue weighted by Gasteiger charge is -2.33. The van der Waals surface area contributed by atoms with E-state index < -0.39 is 6.04 Å². The molecule has 10 nitrogen and oxygen atoms in total. The van der Waals surface area contributed by atoms with E-state index in [9.17, 15) is 9.59 Å². The van der Waals surface area contributed by atoms with Crippen LogP contribution in [-0.4, -0.2) is 54.2 Å². The predicted molar refractivity (Wildman–Crippen MR) is 151 cm³/mol. The molecular weight excluding hydrogens is 510 g/mol. The highest BCUT2D eigenvalue weighted by molar-refractivity contribution is 6.02. The standard InChI is InChI=1S/C30H33N5O5/c1-38-22-13-8-12-21(18-22)35(27(36)19-34-25-16-7-6-15-24(25)32-33-34)28(30(37)31-20-10-4-5-11-20)23-14-9-17-26(39-2)29(23)40-3/h6-9,12-18,20,28H,4-5,10-11,19H2,1-3H3,(H,31,37)/t28-/m0/s1. The zero-order valence-corrected chi connectivity index (χ0v) is 22.9. The van der Waals surface area contributed by atoms with E-state index >= 15 is 0 Å². The van der Waals surface area contributed by atoms with Gasteiger partial charge in [-0.25, -0.2) is 4.68 Å². The highest BCUT2D eigenvalue weighted by Crippen LogP contribution is 2.40. The first-order chi connectivity index (χ1) is 19.5. The molecular formula is C30H33N5O5. The lowest BCUT2D eigenvalue weighted by atomic mass is 10.00.